The summed E-state index contributed by atoms with van der Waals surface area (Å²) in [5, 5.41) is 3.47. The lowest BCUT2D eigenvalue weighted by Crippen LogP contribution is -2.23. The van der Waals surface area contributed by atoms with Crippen LogP contribution in [0.3, 0.4) is 0 Å². The molecule has 1 aromatic rings. The summed E-state index contributed by atoms with van der Waals surface area (Å²) >= 11 is 0. The zero-order valence-electron chi connectivity index (χ0n) is 12.2. The lowest BCUT2D eigenvalue weighted by Gasteiger charge is -2.12. The van der Waals surface area contributed by atoms with Gasteiger partial charge in [-0.2, -0.15) is 0 Å². The van der Waals surface area contributed by atoms with Crippen LogP contribution in [0.25, 0.3) is 0 Å². The molecule has 0 saturated carbocycles. The van der Waals surface area contributed by atoms with Gasteiger partial charge in [-0.25, -0.2) is 0 Å². The van der Waals surface area contributed by atoms with Gasteiger partial charge in [0, 0.05) is 19.8 Å². The largest absolute Gasteiger partial charge is 0.394 e. The molecule has 0 spiro atoms. The molecule has 4 heteroatoms. The van der Waals surface area contributed by atoms with Gasteiger partial charge < -0.3 is 14.2 Å². The van der Waals surface area contributed by atoms with Crippen molar-refractivity contribution < 1.29 is 8.85 Å². The molecule has 107 valence electrons. The summed E-state index contributed by atoms with van der Waals surface area (Å²) in [6.45, 7) is 7.61. The van der Waals surface area contributed by atoms with E-state index in [0.29, 0.717) is 0 Å². The molecular weight excluding hydrogens is 254 g/mol. The standard InChI is InChI=1S/C15H26NO2Si/c1-3-17-19(18-4-2)13-9-8-12-16-14-15-10-6-5-7-11-15/h5-7,10-11,16H,3-4,8-9,12-14H2,1-2H3. The summed E-state index contributed by atoms with van der Waals surface area (Å²) in [4.78, 5) is 0. The molecule has 1 radical (unpaired) electrons. The number of nitrogens with one attached hydrogen (secondary N) is 1. The van der Waals surface area contributed by atoms with E-state index in [2.05, 4.69) is 35.6 Å². The van der Waals surface area contributed by atoms with E-state index in [4.69, 9.17) is 8.85 Å². The van der Waals surface area contributed by atoms with Gasteiger partial charge >= 0.3 is 9.28 Å². The summed E-state index contributed by atoms with van der Waals surface area (Å²) in [7, 11) is -1.01. The highest BCUT2D eigenvalue weighted by Gasteiger charge is 2.13. The minimum Gasteiger partial charge on any atom is -0.394 e. The molecule has 0 aliphatic rings. The number of unbranched alkanes of at least 4 members (excludes halogenated alkanes) is 1. The van der Waals surface area contributed by atoms with E-state index < -0.39 is 9.28 Å². The van der Waals surface area contributed by atoms with Gasteiger partial charge in [-0.3, -0.25) is 0 Å². The van der Waals surface area contributed by atoms with Crippen LogP contribution in [0.2, 0.25) is 6.04 Å². The van der Waals surface area contributed by atoms with Crippen molar-refractivity contribution in [3.8, 4) is 0 Å². The fourth-order valence-electron chi connectivity index (χ4n) is 1.86. The van der Waals surface area contributed by atoms with Crippen LogP contribution in [0.15, 0.2) is 30.3 Å². The Bertz CT molecular complexity index is 302. The molecule has 1 N–H and O–H groups in total. The molecule has 3 nitrogen and oxygen atoms in total. The average Bonchev–Trinajstić information content (AvgIpc) is 2.44. The third-order valence-electron chi connectivity index (χ3n) is 2.77. The third-order valence-corrected chi connectivity index (χ3v) is 4.75. The van der Waals surface area contributed by atoms with Crippen molar-refractivity contribution in [3.05, 3.63) is 35.9 Å². The van der Waals surface area contributed by atoms with E-state index in [0.717, 1.165) is 32.3 Å². The van der Waals surface area contributed by atoms with Crippen LogP contribution < -0.4 is 5.32 Å². The molecule has 19 heavy (non-hydrogen) atoms. The number of benzene rings is 1. The lowest BCUT2D eigenvalue weighted by molar-refractivity contribution is 0.212. The first kappa shape index (κ1) is 16.4. The van der Waals surface area contributed by atoms with E-state index in [-0.39, 0.29) is 0 Å². The number of rotatable bonds is 11. The Labute approximate surface area is 119 Å². The summed E-state index contributed by atoms with van der Waals surface area (Å²) in [5.41, 5.74) is 1.34. The highest BCUT2D eigenvalue weighted by atomic mass is 28.3. The van der Waals surface area contributed by atoms with Crippen LogP contribution in [0.1, 0.15) is 32.3 Å². The second kappa shape index (κ2) is 11.2. The summed E-state index contributed by atoms with van der Waals surface area (Å²) in [6.07, 6.45) is 2.36. The average molecular weight is 280 g/mol. The Morgan fingerprint density at radius 2 is 1.68 bits per heavy atom. The first-order valence-electron chi connectivity index (χ1n) is 7.22. The van der Waals surface area contributed by atoms with Gasteiger partial charge in [0.15, 0.2) is 0 Å². The van der Waals surface area contributed by atoms with Gasteiger partial charge in [0.1, 0.15) is 0 Å². The molecule has 0 heterocycles. The van der Waals surface area contributed by atoms with Gasteiger partial charge in [0.05, 0.1) is 0 Å². The van der Waals surface area contributed by atoms with Crippen molar-refractivity contribution in [2.45, 2.75) is 39.3 Å². The molecule has 0 bridgehead atoms. The maximum absolute atomic E-state index is 5.62. The molecule has 0 aliphatic heterocycles. The maximum Gasteiger partial charge on any atom is 0.384 e. The predicted molar refractivity (Wildman–Crippen MR) is 81.2 cm³/mol. The maximum atomic E-state index is 5.62. The van der Waals surface area contributed by atoms with E-state index in [9.17, 15) is 0 Å². The monoisotopic (exact) mass is 280 g/mol. The minimum absolute atomic E-state index is 0.764. The Kier molecular flexibility index (Phi) is 9.62. The van der Waals surface area contributed by atoms with Crippen LogP contribution in [-0.2, 0) is 15.4 Å². The van der Waals surface area contributed by atoms with Crippen LogP contribution in [-0.4, -0.2) is 29.0 Å². The van der Waals surface area contributed by atoms with Crippen LogP contribution in [0.5, 0.6) is 0 Å². The molecule has 0 amide bonds. The molecule has 0 unspecified atom stereocenters. The van der Waals surface area contributed by atoms with Gasteiger partial charge in [-0.05, 0) is 38.4 Å². The second-order valence-electron chi connectivity index (χ2n) is 4.36. The molecular formula is C15H26NO2Si. The van der Waals surface area contributed by atoms with Crippen molar-refractivity contribution in [2.75, 3.05) is 19.8 Å². The highest BCUT2D eigenvalue weighted by Crippen LogP contribution is 2.04. The Balaban J connectivity index is 2.01. The van der Waals surface area contributed by atoms with Crippen molar-refractivity contribution in [1.29, 1.82) is 0 Å². The molecule has 1 rings (SSSR count). The Hall–Kier alpha value is -0.683. The lowest BCUT2D eigenvalue weighted by atomic mass is 10.2. The highest BCUT2D eigenvalue weighted by molar-refractivity contribution is 6.44. The quantitative estimate of drug-likeness (QED) is 0.499. The molecule has 0 aliphatic carbocycles. The van der Waals surface area contributed by atoms with Gasteiger partial charge in [0.2, 0.25) is 0 Å². The van der Waals surface area contributed by atoms with Gasteiger partial charge in [0.25, 0.3) is 0 Å². The van der Waals surface area contributed by atoms with Crippen molar-refractivity contribution in [1.82, 2.24) is 5.32 Å². The fraction of sp³-hybridized carbons (Fsp3) is 0.600. The van der Waals surface area contributed by atoms with Crippen LogP contribution >= 0.6 is 0 Å². The van der Waals surface area contributed by atoms with E-state index in [1.165, 1.54) is 18.4 Å². The number of hydrogen-bond donors (Lipinski definition) is 1. The molecule has 0 atom stereocenters. The first-order valence-corrected chi connectivity index (χ1v) is 8.75. The topological polar surface area (TPSA) is 30.5 Å². The van der Waals surface area contributed by atoms with Gasteiger partial charge in [-0.1, -0.05) is 36.8 Å². The molecule has 1 aromatic carbocycles. The van der Waals surface area contributed by atoms with E-state index in [1.807, 2.05) is 13.8 Å². The predicted octanol–water partition coefficient (Wildman–Crippen LogP) is 3.12. The normalized spacial score (nSPS) is 11.1. The molecule has 0 aromatic heterocycles. The zero-order valence-corrected chi connectivity index (χ0v) is 13.2. The molecule has 0 saturated heterocycles. The summed E-state index contributed by atoms with van der Waals surface area (Å²) in [5.74, 6) is 0. The van der Waals surface area contributed by atoms with Crippen LogP contribution in [0, 0.1) is 0 Å². The fourth-order valence-corrected chi connectivity index (χ4v) is 3.41. The molecule has 0 fully saturated rings. The summed E-state index contributed by atoms with van der Waals surface area (Å²) in [6, 6.07) is 11.6. The summed E-state index contributed by atoms with van der Waals surface area (Å²) < 4.78 is 11.2. The minimum atomic E-state index is -1.01. The van der Waals surface area contributed by atoms with Crippen molar-refractivity contribution >= 4 is 9.28 Å². The smallest absolute Gasteiger partial charge is 0.384 e. The first-order chi connectivity index (χ1) is 9.36. The third kappa shape index (κ3) is 8.16. The Morgan fingerprint density at radius 1 is 1.00 bits per heavy atom. The zero-order chi connectivity index (χ0) is 13.8. The van der Waals surface area contributed by atoms with Gasteiger partial charge in [-0.15, -0.1) is 0 Å². The van der Waals surface area contributed by atoms with Crippen molar-refractivity contribution in [3.63, 3.8) is 0 Å². The van der Waals surface area contributed by atoms with E-state index >= 15 is 0 Å². The SMILES string of the molecule is CCO[Si](CCCCNCc1ccccc1)OCC. The van der Waals surface area contributed by atoms with Crippen LogP contribution in [0.4, 0.5) is 0 Å². The Morgan fingerprint density at radius 3 is 2.32 bits per heavy atom. The number of hydrogen-bond acceptors (Lipinski definition) is 3. The van der Waals surface area contributed by atoms with Crippen molar-refractivity contribution in [2.24, 2.45) is 0 Å². The second-order valence-corrected chi connectivity index (χ2v) is 6.18. The van der Waals surface area contributed by atoms with E-state index in [1.54, 1.807) is 0 Å².